The fourth-order valence-electron chi connectivity index (χ4n) is 3.33. The molecule has 1 N–H and O–H groups in total. The van der Waals surface area contributed by atoms with Crippen LogP contribution in [0.3, 0.4) is 0 Å². The topological polar surface area (TPSA) is 54.6 Å². The van der Waals surface area contributed by atoms with Crippen molar-refractivity contribution in [3.05, 3.63) is 118 Å². The van der Waals surface area contributed by atoms with Gasteiger partial charge in [0.05, 0.1) is 12.1 Å². The number of nitrogens with zero attached hydrogens (tertiary/aromatic N) is 1. The highest BCUT2D eigenvalue weighted by atomic mass is 35.5. The van der Waals surface area contributed by atoms with Crippen LogP contribution in [-0.4, -0.2) is 12.1 Å². The van der Waals surface area contributed by atoms with Gasteiger partial charge in [0.25, 0.3) is 5.91 Å². The van der Waals surface area contributed by atoms with Crippen molar-refractivity contribution in [2.75, 3.05) is 0 Å². The smallest absolute Gasteiger partial charge is 0.252 e. The number of hydrazone groups is 1. The van der Waals surface area contributed by atoms with Crippen molar-refractivity contribution in [2.24, 2.45) is 5.10 Å². The molecule has 0 saturated heterocycles. The lowest BCUT2D eigenvalue weighted by atomic mass is 9.91. The molecule has 4 nitrogen and oxygen atoms in total. The molecule has 0 aliphatic carbocycles. The number of carbonyl (C=O) groups excluding carboxylic acids is 1. The van der Waals surface area contributed by atoms with Crippen LogP contribution in [0.15, 0.2) is 101 Å². The Kier molecular flexibility index (Phi) is 6.29. The largest absolute Gasteiger partial charge is 0.455 e. The lowest BCUT2D eigenvalue weighted by Crippen LogP contribution is -2.26. The molecule has 4 rings (SSSR count). The van der Waals surface area contributed by atoms with E-state index in [0.29, 0.717) is 16.5 Å². The lowest BCUT2D eigenvalue weighted by molar-refractivity contribution is -0.121. The standard InChI is InChI=1S/C26H21ClN2O2/c1-18-12-13-21(16-23(18)27)24-15-14-22(31-24)17-28-29-26(30)25(19-8-4-2-5-9-19)20-10-6-3-7-11-20/h2-17,25H,1H3,(H,29,30)/b28-17-. The molecule has 154 valence electrons. The summed E-state index contributed by atoms with van der Waals surface area (Å²) in [6.45, 7) is 1.95. The predicted molar refractivity (Wildman–Crippen MR) is 124 cm³/mol. The highest BCUT2D eigenvalue weighted by molar-refractivity contribution is 6.31. The summed E-state index contributed by atoms with van der Waals surface area (Å²) in [6.07, 6.45) is 1.49. The number of hydrogen-bond donors (Lipinski definition) is 1. The highest BCUT2D eigenvalue weighted by Gasteiger charge is 2.22. The van der Waals surface area contributed by atoms with E-state index in [2.05, 4.69) is 10.5 Å². The SMILES string of the molecule is Cc1ccc(-c2ccc(/C=N\NC(=O)C(c3ccccc3)c3ccccc3)o2)cc1Cl. The van der Waals surface area contributed by atoms with E-state index in [4.69, 9.17) is 16.0 Å². The number of nitrogens with one attached hydrogen (secondary N) is 1. The van der Waals surface area contributed by atoms with Gasteiger partial charge in [0.1, 0.15) is 11.5 Å². The quantitative estimate of drug-likeness (QED) is 0.294. The van der Waals surface area contributed by atoms with Crippen LogP contribution in [0.1, 0.15) is 28.4 Å². The number of furan rings is 1. The number of benzene rings is 3. The van der Waals surface area contributed by atoms with Gasteiger partial charge in [0.15, 0.2) is 0 Å². The fourth-order valence-corrected chi connectivity index (χ4v) is 3.51. The lowest BCUT2D eigenvalue weighted by Gasteiger charge is -2.16. The molecule has 0 fully saturated rings. The van der Waals surface area contributed by atoms with Crippen molar-refractivity contribution in [1.29, 1.82) is 0 Å². The molecule has 31 heavy (non-hydrogen) atoms. The molecule has 0 unspecified atom stereocenters. The van der Waals surface area contributed by atoms with Crippen molar-refractivity contribution in [3.8, 4) is 11.3 Å². The molecule has 1 heterocycles. The second-order valence-corrected chi connectivity index (χ2v) is 7.56. The van der Waals surface area contributed by atoms with Gasteiger partial charge in [-0.15, -0.1) is 0 Å². The third-order valence-electron chi connectivity index (χ3n) is 4.98. The van der Waals surface area contributed by atoms with E-state index in [1.807, 2.05) is 91.9 Å². The van der Waals surface area contributed by atoms with Gasteiger partial charge in [-0.05, 0) is 41.8 Å². The molecule has 0 radical (unpaired) electrons. The Hall–Kier alpha value is -3.63. The molecule has 0 aliphatic rings. The predicted octanol–water partition coefficient (Wildman–Crippen LogP) is 6.19. The van der Waals surface area contributed by atoms with E-state index in [9.17, 15) is 4.79 Å². The van der Waals surface area contributed by atoms with Gasteiger partial charge in [-0.25, -0.2) is 5.43 Å². The minimum atomic E-state index is -0.457. The molecule has 1 aromatic heterocycles. The fraction of sp³-hybridized carbons (Fsp3) is 0.0769. The van der Waals surface area contributed by atoms with Crippen LogP contribution < -0.4 is 5.43 Å². The third-order valence-corrected chi connectivity index (χ3v) is 5.38. The van der Waals surface area contributed by atoms with Crippen molar-refractivity contribution < 1.29 is 9.21 Å². The number of rotatable bonds is 6. The first-order valence-corrected chi connectivity index (χ1v) is 10.3. The first kappa shape index (κ1) is 20.6. The summed E-state index contributed by atoms with van der Waals surface area (Å²) >= 11 is 6.20. The third kappa shape index (κ3) is 4.93. The second kappa shape index (κ2) is 9.45. The van der Waals surface area contributed by atoms with Crippen LogP contribution in [-0.2, 0) is 4.79 Å². The van der Waals surface area contributed by atoms with Gasteiger partial charge >= 0.3 is 0 Å². The summed E-state index contributed by atoms with van der Waals surface area (Å²) in [6, 6.07) is 28.7. The first-order chi connectivity index (χ1) is 15.1. The first-order valence-electron chi connectivity index (χ1n) is 9.91. The van der Waals surface area contributed by atoms with Gasteiger partial charge in [-0.1, -0.05) is 84.4 Å². The Labute approximate surface area is 186 Å². The average molecular weight is 429 g/mol. The van der Waals surface area contributed by atoms with E-state index in [1.165, 1.54) is 6.21 Å². The number of amides is 1. The van der Waals surface area contributed by atoms with Crippen molar-refractivity contribution in [3.63, 3.8) is 0 Å². The molecular formula is C26H21ClN2O2. The zero-order chi connectivity index (χ0) is 21.6. The van der Waals surface area contributed by atoms with Crippen molar-refractivity contribution >= 4 is 23.7 Å². The Bertz CT molecular complexity index is 1160. The zero-order valence-corrected chi connectivity index (χ0v) is 17.7. The van der Waals surface area contributed by atoms with Crippen molar-refractivity contribution in [1.82, 2.24) is 5.43 Å². The summed E-state index contributed by atoms with van der Waals surface area (Å²) in [7, 11) is 0. The van der Waals surface area contributed by atoms with Crippen LogP contribution in [0.5, 0.6) is 0 Å². The average Bonchev–Trinajstić information content (AvgIpc) is 3.26. The minimum Gasteiger partial charge on any atom is -0.455 e. The highest BCUT2D eigenvalue weighted by Crippen LogP contribution is 2.27. The Morgan fingerprint density at radius 2 is 1.58 bits per heavy atom. The van der Waals surface area contributed by atoms with Gasteiger partial charge in [0, 0.05) is 10.6 Å². The molecule has 0 spiro atoms. The number of carbonyl (C=O) groups is 1. The maximum absolute atomic E-state index is 13.0. The molecule has 4 aromatic rings. The molecule has 3 aromatic carbocycles. The van der Waals surface area contributed by atoms with Crippen LogP contribution in [0, 0.1) is 6.92 Å². The summed E-state index contributed by atoms with van der Waals surface area (Å²) in [4.78, 5) is 13.0. The van der Waals surface area contributed by atoms with Crippen molar-refractivity contribution in [2.45, 2.75) is 12.8 Å². The maximum atomic E-state index is 13.0. The molecule has 0 atom stereocenters. The molecule has 1 amide bonds. The minimum absolute atomic E-state index is 0.217. The Morgan fingerprint density at radius 1 is 0.935 bits per heavy atom. The molecule has 5 heteroatoms. The van der Waals surface area contributed by atoms with Gasteiger partial charge in [0.2, 0.25) is 0 Å². The normalized spacial score (nSPS) is 11.2. The summed E-state index contributed by atoms with van der Waals surface area (Å²) in [5.74, 6) is 0.538. The monoisotopic (exact) mass is 428 g/mol. The molecular weight excluding hydrogens is 408 g/mol. The molecule has 0 bridgehead atoms. The molecule has 0 saturated carbocycles. The Morgan fingerprint density at radius 3 is 2.19 bits per heavy atom. The van der Waals surface area contributed by atoms with E-state index >= 15 is 0 Å². The summed E-state index contributed by atoms with van der Waals surface area (Å²) in [5.41, 5.74) is 6.33. The maximum Gasteiger partial charge on any atom is 0.252 e. The van der Waals surface area contributed by atoms with E-state index in [0.717, 1.165) is 22.3 Å². The zero-order valence-electron chi connectivity index (χ0n) is 17.0. The Balaban J connectivity index is 1.49. The number of hydrogen-bond acceptors (Lipinski definition) is 3. The van der Waals surface area contributed by atoms with E-state index in [1.54, 1.807) is 6.07 Å². The van der Waals surface area contributed by atoms with Crippen LogP contribution in [0.25, 0.3) is 11.3 Å². The molecule has 0 aliphatic heterocycles. The van der Waals surface area contributed by atoms with Crippen LogP contribution >= 0.6 is 11.6 Å². The second-order valence-electron chi connectivity index (χ2n) is 7.15. The van der Waals surface area contributed by atoms with Gasteiger partial charge in [-0.3, -0.25) is 4.79 Å². The van der Waals surface area contributed by atoms with Gasteiger partial charge < -0.3 is 4.42 Å². The van der Waals surface area contributed by atoms with E-state index < -0.39 is 5.92 Å². The van der Waals surface area contributed by atoms with Crippen LogP contribution in [0.4, 0.5) is 0 Å². The van der Waals surface area contributed by atoms with Gasteiger partial charge in [-0.2, -0.15) is 5.10 Å². The number of halogens is 1. The summed E-state index contributed by atoms with van der Waals surface area (Å²) < 4.78 is 5.82. The van der Waals surface area contributed by atoms with Crippen LogP contribution in [0.2, 0.25) is 5.02 Å². The summed E-state index contributed by atoms with van der Waals surface area (Å²) in [5, 5.41) is 4.79. The van der Waals surface area contributed by atoms with E-state index in [-0.39, 0.29) is 5.91 Å². The number of aryl methyl sites for hydroxylation is 1.